The average molecular weight is 162 g/mol. The Kier molecular flexibility index (Phi) is 4.83. The lowest BCUT2D eigenvalue weighted by molar-refractivity contribution is -0.143. The van der Waals surface area contributed by atoms with Crippen LogP contribution < -0.4 is 0 Å². The summed E-state index contributed by atoms with van der Waals surface area (Å²) < 4.78 is 11.7. The zero-order valence-electron chi connectivity index (χ0n) is 7.01. The first-order valence-electron chi connectivity index (χ1n) is 3.88. The minimum atomic E-state index is -0.812. The Morgan fingerprint density at radius 2 is 2.09 bits per heavy atom. The third kappa shape index (κ3) is 3.96. The first kappa shape index (κ1) is 10.4. The monoisotopic (exact) mass is 162 g/mol. The molecule has 0 fully saturated rings. The van der Waals surface area contributed by atoms with Crippen LogP contribution in [0.2, 0.25) is 0 Å². The molecule has 1 N–H and O–H groups in total. The Bertz CT molecular complexity index is 123. The summed E-state index contributed by atoms with van der Waals surface area (Å²) in [7, 11) is 0. The number of carboxylic acid groups (broad SMARTS) is 1. The summed E-state index contributed by atoms with van der Waals surface area (Å²) in [6.45, 7) is 3.27. The molecule has 0 aromatic carbocycles. The zero-order valence-corrected chi connectivity index (χ0v) is 7.01. The van der Waals surface area contributed by atoms with E-state index in [9.17, 15) is 9.18 Å². The van der Waals surface area contributed by atoms with Crippen LogP contribution >= 0.6 is 0 Å². The molecule has 66 valence electrons. The highest BCUT2D eigenvalue weighted by atomic mass is 19.1. The number of carboxylic acids is 1. The van der Waals surface area contributed by atoms with Crippen LogP contribution in [-0.2, 0) is 4.79 Å². The van der Waals surface area contributed by atoms with Crippen molar-refractivity contribution in [3.63, 3.8) is 0 Å². The van der Waals surface area contributed by atoms with Crippen molar-refractivity contribution in [2.24, 2.45) is 11.8 Å². The fourth-order valence-corrected chi connectivity index (χ4v) is 1.04. The maximum absolute atomic E-state index is 11.7. The van der Waals surface area contributed by atoms with Gasteiger partial charge in [0.05, 0.1) is 12.6 Å². The van der Waals surface area contributed by atoms with Crippen LogP contribution in [0.3, 0.4) is 0 Å². The third-order valence-corrected chi connectivity index (χ3v) is 1.77. The van der Waals surface area contributed by atoms with E-state index in [2.05, 4.69) is 0 Å². The van der Waals surface area contributed by atoms with Gasteiger partial charge in [-0.1, -0.05) is 13.8 Å². The van der Waals surface area contributed by atoms with Crippen molar-refractivity contribution in [1.29, 1.82) is 0 Å². The summed E-state index contributed by atoms with van der Waals surface area (Å²) in [5.41, 5.74) is 0. The molecule has 0 aliphatic rings. The molecule has 0 aliphatic heterocycles. The zero-order chi connectivity index (χ0) is 8.85. The number of carbonyl (C=O) groups is 1. The van der Waals surface area contributed by atoms with Crippen LogP contribution in [0.5, 0.6) is 0 Å². The van der Waals surface area contributed by atoms with Crippen LogP contribution in [0.15, 0.2) is 0 Å². The highest BCUT2D eigenvalue weighted by molar-refractivity contribution is 5.70. The molecule has 0 bridgehead atoms. The van der Waals surface area contributed by atoms with E-state index in [1.165, 1.54) is 0 Å². The Labute approximate surface area is 66.4 Å². The molecular weight excluding hydrogens is 147 g/mol. The molecule has 0 spiro atoms. The highest BCUT2D eigenvalue weighted by Gasteiger charge is 2.20. The topological polar surface area (TPSA) is 37.3 Å². The molecule has 3 heteroatoms. The van der Waals surface area contributed by atoms with Crippen molar-refractivity contribution in [1.82, 2.24) is 0 Å². The van der Waals surface area contributed by atoms with Gasteiger partial charge in [-0.2, -0.15) is 0 Å². The highest BCUT2D eigenvalue weighted by Crippen LogP contribution is 2.17. The van der Waals surface area contributed by atoms with E-state index >= 15 is 0 Å². The molecule has 0 aromatic heterocycles. The predicted octanol–water partition coefficient (Wildman–Crippen LogP) is 2.09. The van der Waals surface area contributed by atoms with Gasteiger partial charge in [0.1, 0.15) is 0 Å². The van der Waals surface area contributed by atoms with Crippen molar-refractivity contribution in [2.45, 2.75) is 26.7 Å². The van der Waals surface area contributed by atoms with Gasteiger partial charge in [0, 0.05) is 0 Å². The van der Waals surface area contributed by atoms with E-state index in [1.807, 2.05) is 13.8 Å². The molecule has 0 aromatic rings. The summed E-state index contributed by atoms with van der Waals surface area (Å²) in [4.78, 5) is 10.5. The second kappa shape index (κ2) is 5.10. The van der Waals surface area contributed by atoms with Gasteiger partial charge in [0.15, 0.2) is 0 Å². The second-order valence-corrected chi connectivity index (χ2v) is 3.02. The quantitative estimate of drug-likeness (QED) is 0.672. The number of alkyl halides is 1. The van der Waals surface area contributed by atoms with Gasteiger partial charge in [-0.15, -0.1) is 0 Å². The number of rotatable bonds is 5. The van der Waals surface area contributed by atoms with Gasteiger partial charge in [-0.05, 0) is 18.8 Å². The van der Waals surface area contributed by atoms with Gasteiger partial charge in [0.25, 0.3) is 0 Å². The number of aliphatic carboxylic acids is 1. The summed E-state index contributed by atoms with van der Waals surface area (Å²) in [6.07, 6.45) is 0.804. The molecule has 0 heterocycles. The fraction of sp³-hybridized carbons (Fsp3) is 0.875. The Morgan fingerprint density at radius 1 is 1.55 bits per heavy atom. The van der Waals surface area contributed by atoms with Gasteiger partial charge in [0.2, 0.25) is 0 Å². The van der Waals surface area contributed by atoms with Gasteiger partial charge in [-0.3, -0.25) is 9.18 Å². The summed E-state index contributed by atoms with van der Waals surface area (Å²) in [5.74, 6) is -1.10. The van der Waals surface area contributed by atoms with E-state index in [1.54, 1.807) is 0 Å². The van der Waals surface area contributed by atoms with E-state index in [0.29, 0.717) is 12.8 Å². The number of hydrogen-bond acceptors (Lipinski definition) is 1. The Balaban J connectivity index is 3.80. The maximum atomic E-state index is 11.7. The fourth-order valence-electron chi connectivity index (χ4n) is 1.04. The third-order valence-electron chi connectivity index (χ3n) is 1.77. The summed E-state index contributed by atoms with van der Waals surface area (Å²) in [5, 5.41) is 8.65. The van der Waals surface area contributed by atoms with Crippen molar-refractivity contribution < 1.29 is 14.3 Å². The molecule has 0 saturated carbocycles. The van der Waals surface area contributed by atoms with Crippen molar-refractivity contribution in [2.75, 3.05) is 6.67 Å². The summed E-state index contributed by atoms with van der Waals surface area (Å²) in [6, 6.07) is 0. The van der Waals surface area contributed by atoms with Crippen LogP contribution in [0.25, 0.3) is 0 Å². The Hall–Kier alpha value is -0.600. The molecule has 2 nitrogen and oxygen atoms in total. The largest absolute Gasteiger partial charge is 0.481 e. The van der Waals surface area contributed by atoms with Gasteiger partial charge >= 0.3 is 5.97 Å². The van der Waals surface area contributed by atoms with Crippen LogP contribution in [0.1, 0.15) is 26.7 Å². The van der Waals surface area contributed by atoms with Gasteiger partial charge < -0.3 is 5.11 Å². The standard InChI is InChI=1S/C8H15FO2/c1-6(2)7(8(10)11)4-3-5-9/h6-7H,3-5H2,1-2H3,(H,10,11). The van der Waals surface area contributed by atoms with Gasteiger partial charge in [-0.25, -0.2) is 0 Å². The predicted molar refractivity (Wildman–Crippen MR) is 41.2 cm³/mol. The summed E-state index contributed by atoms with van der Waals surface area (Å²) >= 11 is 0. The van der Waals surface area contributed by atoms with Crippen molar-refractivity contribution >= 4 is 5.97 Å². The van der Waals surface area contributed by atoms with Crippen LogP contribution in [0.4, 0.5) is 4.39 Å². The van der Waals surface area contributed by atoms with Crippen LogP contribution in [-0.4, -0.2) is 17.8 Å². The smallest absolute Gasteiger partial charge is 0.306 e. The molecule has 0 amide bonds. The molecule has 0 rings (SSSR count). The Morgan fingerprint density at radius 3 is 2.36 bits per heavy atom. The van der Waals surface area contributed by atoms with Crippen molar-refractivity contribution in [3.8, 4) is 0 Å². The average Bonchev–Trinajstić information content (AvgIpc) is 1.87. The normalized spacial score (nSPS) is 13.5. The minimum Gasteiger partial charge on any atom is -0.481 e. The van der Waals surface area contributed by atoms with E-state index < -0.39 is 12.6 Å². The minimum absolute atomic E-state index is 0.0963. The van der Waals surface area contributed by atoms with Crippen molar-refractivity contribution in [3.05, 3.63) is 0 Å². The first-order chi connectivity index (χ1) is 5.09. The maximum Gasteiger partial charge on any atom is 0.306 e. The molecule has 11 heavy (non-hydrogen) atoms. The first-order valence-corrected chi connectivity index (χ1v) is 3.88. The van der Waals surface area contributed by atoms with E-state index in [-0.39, 0.29) is 11.8 Å². The second-order valence-electron chi connectivity index (χ2n) is 3.02. The number of halogens is 1. The number of hydrogen-bond donors (Lipinski definition) is 1. The molecule has 0 aliphatic carbocycles. The van der Waals surface area contributed by atoms with E-state index in [0.717, 1.165) is 0 Å². The lowest BCUT2D eigenvalue weighted by atomic mass is 9.92. The SMILES string of the molecule is CC(C)C(CCCF)C(=O)O. The molecule has 0 saturated heterocycles. The van der Waals surface area contributed by atoms with Crippen LogP contribution in [0, 0.1) is 11.8 Å². The molecule has 0 radical (unpaired) electrons. The molecule has 1 unspecified atom stereocenters. The van der Waals surface area contributed by atoms with E-state index in [4.69, 9.17) is 5.11 Å². The lowest BCUT2D eigenvalue weighted by Crippen LogP contribution is -2.19. The lowest BCUT2D eigenvalue weighted by Gasteiger charge is -2.14. The molecule has 1 atom stereocenters. The molecular formula is C8H15FO2.